The molecule has 0 amide bonds. The van der Waals surface area contributed by atoms with Crippen molar-refractivity contribution in [3.05, 3.63) is 22.6 Å². The predicted molar refractivity (Wildman–Crippen MR) is 42.2 cm³/mol. The monoisotopic (exact) mass is 188 g/mol. The van der Waals surface area contributed by atoms with Crippen LogP contribution in [0.4, 0.5) is 5.69 Å². The number of sulfonamides is 1. The van der Waals surface area contributed by atoms with E-state index >= 15 is 0 Å². The van der Waals surface area contributed by atoms with Gasteiger partial charge in [-0.2, -0.15) is 5.10 Å². The van der Waals surface area contributed by atoms with E-state index in [1.165, 1.54) is 0 Å². The molecule has 0 unspecified atom stereocenters. The molecule has 0 aliphatic carbocycles. The van der Waals surface area contributed by atoms with Crippen LogP contribution in [0.2, 0.25) is 0 Å². The molecule has 1 radical (unpaired) electrons. The van der Waals surface area contributed by atoms with Crippen LogP contribution in [-0.4, -0.2) is 24.9 Å². The van der Waals surface area contributed by atoms with Crippen LogP contribution in [0.3, 0.4) is 0 Å². The molecule has 0 aliphatic rings. The molecule has 0 saturated heterocycles. The van der Waals surface area contributed by atoms with Crippen molar-refractivity contribution in [2.45, 2.75) is 0 Å². The quantitative estimate of drug-likeness (QED) is 0.618. The van der Waals surface area contributed by atoms with Gasteiger partial charge in [-0.3, -0.25) is 9.52 Å². The summed E-state index contributed by atoms with van der Waals surface area (Å²) in [7, 11) is -3.42. The van der Waals surface area contributed by atoms with E-state index < -0.39 is 15.6 Å². The normalized spacial score (nSPS) is 11.1. The number of nitrogens with zero attached hydrogens (tertiary/aromatic N) is 1. The molecule has 12 heavy (non-hydrogen) atoms. The highest BCUT2D eigenvalue weighted by Crippen LogP contribution is 1.96. The van der Waals surface area contributed by atoms with Crippen LogP contribution in [0, 0.1) is 6.20 Å². The largest absolute Gasteiger partial charge is 0.288 e. The third-order valence-electron chi connectivity index (χ3n) is 0.971. The molecular weight excluding hydrogens is 182 g/mol. The van der Waals surface area contributed by atoms with Crippen LogP contribution >= 0.6 is 0 Å². The van der Waals surface area contributed by atoms with Gasteiger partial charge in [-0.05, 0) is 6.07 Å². The summed E-state index contributed by atoms with van der Waals surface area (Å²) in [4.78, 5) is 10.8. The van der Waals surface area contributed by atoms with Crippen molar-refractivity contribution in [1.82, 2.24) is 10.2 Å². The van der Waals surface area contributed by atoms with Crippen molar-refractivity contribution >= 4 is 15.7 Å². The SMILES string of the molecule is CS(=O)(=O)Nc1c[c]n[nH]c1=O. The standard InChI is InChI=1S/C5H6N3O3S/c1-12(10,11)8-4-2-3-6-7-5(4)9/h2H,1H3,(H,6,8)(H,7,9). The van der Waals surface area contributed by atoms with Gasteiger partial charge in [0, 0.05) is 0 Å². The second kappa shape index (κ2) is 2.94. The number of nitrogens with one attached hydrogen (secondary N) is 2. The van der Waals surface area contributed by atoms with Gasteiger partial charge in [0.05, 0.1) is 6.26 Å². The summed E-state index contributed by atoms with van der Waals surface area (Å²) in [5, 5.41) is 5.31. The average Bonchev–Trinajstić information content (AvgIpc) is 1.91. The zero-order chi connectivity index (χ0) is 9.19. The number of aromatic amines is 1. The molecule has 7 heteroatoms. The first-order valence-corrected chi connectivity index (χ1v) is 4.82. The van der Waals surface area contributed by atoms with Crippen LogP contribution < -0.4 is 10.3 Å². The Hall–Kier alpha value is -1.37. The van der Waals surface area contributed by atoms with E-state index in [1.54, 1.807) is 0 Å². The van der Waals surface area contributed by atoms with Crippen molar-refractivity contribution in [2.75, 3.05) is 11.0 Å². The van der Waals surface area contributed by atoms with Crippen molar-refractivity contribution < 1.29 is 8.42 Å². The minimum atomic E-state index is -3.42. The summed E-state index contributed by atoms with van der Waals surface area (Å²) < 4.78 is 23.3. The Balaban J connectivity index is 3.07. The molecule has 1 aromatic heterocycles. The minimum Gasteiger partial charge on any atom is -0.278 e. The molecule has 0 aliphatic heterocycles. The lowest BCUT2D eigenvalue weighted by Crippen LogP contribution is -2.19. The van der Waals surface area contributed by atoms with E-state index in [2.05, 4.69) is 11.3 Å². The highest BCUT2D eigenvalue weighted by Gasteiger charge is 2.04. The van der Waals surface area contributed by atoms with Gasteiger partial charge < -0.3 is 0 Å². The van der Waals surface area contributed by atoms with Gasteiger partial charge in [-0.1, -0.05) is 0 Å². The van der Waals surface area contributed by atoms with Gasteiger partial charge in [-0.15, -0.1) is 0 Å². The van der Waals surface area contributed by atoms with E-state index in [0.29, 0.717) is 0 Å². The Morgan fingerprint density at radius 3 is 2.83 bits per heavy atom. The number of anilines is 1. The molecule has 2 N–H and O–H groups in total. The van der Waals surface area contributed by atoms with Gasteiger partial charge in [0.15, 0.2) is 0 Å². The summed E-state index contributed by atoms with van der Waals surface area (Å²) in [5.41, 5.74) is -0.688. The fraction of sp³-hybridized carbons (Fsp3) is 0.200. The second-order valence-electron chi connectivity index (χ2n) is 2.11. The molecule has 0 atom stereocenters. The lowest BCUT2D eigenvalue weighted by molar-refractivity contribution is 0.606. The highest BCUT2D eigenvalue weighted by atomic mass is 32.2. The first-order chi connectivity index (χ1) is 5.49. The van der Waals surface area contributed by atoms with E-state index in [4.69, 9.17) is 0 Å². The fourth-order valence-corrected chi connectivity index (χ4v) is 1.13. The second-order valence-corrected chi connectivity index (χ2v) is 3.86. The van der Waals surface area contributed by atoms with E-state index in [-0.39, 0.29) is 5.69 Å². The smallest absolute Gasteiger partial charge is 0.278 e. The maximum absolute atomic E-state index is 10.8. The van der Waals surface area contributed by atoms with Crippen LogP contribution in [0.15, 0.2) is 10.9 Å². The summed E-state index contributed by atoms with van der Waals surface area (Å²) in [6, 6.07) is 1.15. The average molecular weight is 188 g/mol. The van der Waals surface area contributed by atoms with Crippen LogP contribution in [0.25, 0.3) is 0 Å². The van der Waals surface area contributed by atoms with E-state index in [1.807, 2.05) is 9.82 Å². The summed E-state index contributed by atoms with van der Waals surface area (Å²) >= 11 is 0. The van der Waals surface area contributed by atoms with Crippen LogP contribution in [-0.2, 0) is 10.0 Å². The van der Waals surface area contributed by atoms with Gasteiger partial charge in [0.1, 0.15) is 11.9 Å². The van der Waals surface area contributed by atoms with Gasteiger partial charge in [0.2, 0.25) is 10.0 Å². The molecule has 0 bridgehead atoms. The molecule has 1 aromatic rings. The number of H-pyrrole nitrogens is 1. The van der Waals surface area contributed by atoms with E-state index in [0.717, 1.165) is 12.3 Å². The lowest BCUT2D eigenvalue weighted by atomic mass is 10.5. The first kappa shape index (κ1) is 8.72. The Labute approximate surface area is 68.7 Å². The van der Waals surface area contributed by atoms with Crippen molar-refractivity contribution in [3.8, 4) is 0 Å². The Kier molecular flexibility index (Phi) is 2.13. The highest BCUT2D eigenvalue weighted by molar-refractivity contribution is 7.92. The number of hydrogen-bond donors (Lipinski definition) is 2. The summed E-state index contributed by atoms with van der Waals surface area (Å²) in [5.74, 6) is 0. The number of aromatic nitrogens is 2. The number of hydrogen-bond acceptors (Lipinski definition) is 4. The molecule has 0 fully saturated rings. The van der Waals surface area contributed by atoms with Gasteiger partial charge in [0.25, 0.3) is 5.56 Å². The molecule has 6 nitrogen and oxygen atoms in total. The molecule has 0 aromatic carbocycles. The molecule has 0 saturated carbocycles. The molecular formula is C5H6N3O3S. The van der Waals surface area contributed by atoms with Crippen molar-refractivity contribution in [3.63, 3.8) is 0 Å². The lowest BCUT2D eigenvalue weighted by Gasteiger charge is -1.99. The van der Waals surface area contributed by atoms with E-state index in [9.17, 15) is 13.2 Å². The Morgan fingerprint density at radius 2 is 2.33 bits per heavy atom. The topological polar surface area (TPSA) is 91.9 Å². The van der Waals surface area contributed by atoms with Gasteiger partial charge >= 0.3 is 0 Å². The Morgan fingerprint density at radius 1 is 1.67 bits per heavy atom. The van der Waals surface area contributed by atoms with Gasteiger partial charge in [-0.25, -0.2) is 13.5 Å². The number of rotatable bonds is 2. The van der Waals surface area contributed by atoms with Crippen LogP contribution in [0.5, 0.6) is 0 Å². The zero-order valence-corrected chi connectivity index (χ0v) is 6.97. The van der Waals surface area contributed by atoms with Crippen molar-refractivity contribution in [1.29, 1.82) is 0 Å². The van der Waals surface area contributed by atoms with Crippen molar-refractivity contribution in [2.24, 2.45) is 0 Å². The molecule has 65 valence electrons. The maximum Gasteiger partial charge on any atom is 0.288 e. The fourth-order valence-electron chi connectivity index (χ4n) is 0.581. The third kappa shape index (κ3) is 2.35. The zero-order valence-electron chi connectivity index (χ0n) is 6.16. The maximum atomic E-state index is 10.8. The molecule has 0 spiro atoms. The summed E-state index contributed by atoms with van der Waals surface area (Å²) in [6.07, 6.45) is 3.24. The van der Waals surface area contributed by atoms with Crippen LogP contribution in [0.1, 0.15) is 0 Å². The summed E-state index contributed by atoms with van der Waals surface area (Å²) in [6.45, 7) is 0. The Bertz CT molecular complexity index is 422. The molecule has 1 rings (SSSR count). The predicted octanol–water partition coefficient (Wildman–Crippen LogP) is -1.06. The molecule has 1 heterocycles. The first-order valence-electron chi connectivity index (χ1n) is 2.92. The minimum absolute atomic E-state index is 0.0903. The third-order valence-corrected chi connectivity index (χ3v) is 1.56.